The third kappa shape index (κ3) is 3.91. The summed E-state index contributed by atoms with van der Waals surface area (Å²) in [5.74, 6) is 0.589. The number of benzene rings is 1. The van der Waals surface area contributed by atoms with Crippen molar-refractivity contribution in [2.24, 2.45) is 0 Å². The Labute approximate surface area is 122 Å². The lowest BCUT2D eigenvalue weighted by molar-refractivity contribution is 0.545. The van der Waals surface area contributed by atoms with E-state index in [9.17, 15) is 0 Å². The first kappa shape index (κ1) is 14.7. The van der Waals surface area contributed by atoms with Crippen molar-refractivity contribution in [2.45, 2.75) is 38.6 Å². The molecule has 0 amide bonds. The van der Waals surface area contributed by atoms with Crippen LogP contribution in [0.15, 0.2) is 48.7 Å². The van der Waals surface area contributed by atoms with Crippen molar-refractivity contribution in [2.75, 3.05) is 7.05 Å². The van der Waals surface area contributed by atoms with Crippen LogP contribution < -0.4 is 5.32 Å². The van der Waals surface area contributed by atoms with E-state index in [1.165, 1.54) is 11.1 Å². The van der Waals surface area contributed by atoms with Gasteiger partial charge in [-0.3, -0.25) is 4.98 Å². The summed E-state index contributed by atoms with van der Waals surface area (Å²) in [6.45, 7) is 4.46. The van der Waals surface area contributed by atoms with Crippen LogP contribution in [0.2, 0.25) is 0 Å². The average molecular weight is 268 g/mol. The topological polar surface area (TPSA) is 24.9 Å². The summed E-state index contributed by atoms with van der Waals surface area (Å²) in [7, 11) is 2.03. The average Bonchev–Trinajstić information content (AvgIpc) is 2.49. The number of pyridine rings is 1. The Morgan fingerprint density at radius 1 is 1.00 bits per heavy atom. The second kappa shape index (κ2) is 7.20. The summed E-state index contributed by atoms with van der Waals surface area (Å²) in [6.07, 6.45) is 3.92. The van der Waals surface area contributed by atoms with E-state index in [0.717, 1.165) is 18.5 Å². The molecule has 1 unspecified atom stereocenters. The summed E-state index contributed by atoms with van der Waals surface area (Å²) in [5.41, 5.74) is 3.91. The van der Waals surface area contributed by atoms with Gasteiger partial charge in [-0.1, -0.05) is 44.2 Å². The lowest BCUT2D eigenvalue weighted by atomic mass is 9.96. The maximum Gasteiger partial charge on any atom is 0.0404 e. The van der Waals surface area contributed by atoms with Crippen molar-refractivity contribution in [3.8, 4) is 0 Å². The molecule has 2 nitrogen and oxygen atoms in total. The van der Waals surface area contributed by atoms with Crippen LogP contribution in [0.4, 0.5) is 0 Å². The zero-order valence-corrected chi connectivity index (χ0v) is 12.6. The molecular formula is C18H24N2. The molecule has 0 bridgehead atoms. The van der Waals surface area contributed by atoms with Gasteiger partial charge in [0.25, 0.3) is 0 Å². The maximum atomic E-state index is 4.39. The Kier molecular flexibility index (Phi) is 5.31. The Balaban J connectivity index is 2.01. The van der Waals surface area contributed by atoms with Gasteiger partial charge < -0.3 is 5.32 Å². The number of aryl methyl sites for hydroxylation is 1. The Bertz CT molecular complexity index is 503. The number of hydrogen-bond donors (Lipinski definition) is 1. The molecule has 0 radical (unpaired) electrons. The molecule has 0 saturated carbocycles. The van der Waals surface area contributed by atoms with Gasteiger partial charge in [-0.15, -0.1) is 0 Å². The second-order valence-electron chi connectivity index (χ2n) is 5.52. The highest BCUT2D eigenvalue weighted by Crippen LogP contribution is 2.21. The number of nitrogens with one attached hydrogen (secondary N) is 1. The van der Waals surface area contributed by atoms with Crippen LogP contribution in [0, 0.1) is 0 Å². The van der Waals surface area contributed by atoms with Crippen molar-refractivity contribution >= 4 is 0 Å². The molecule has 1 aromatic carbocycles. The molecule has 0 spiro atoms. The minimum absolute atomic E-state index is 0.387. The van der Waals surface area contributed by atoms with Crippen molar-refractivity contribution in [3.05, 3.63) is 65.5 Å². The molecule has 1 aromatic heterocycles. The summed E-state index contributed by atoms with van der Waals surface area (Å²) >= 11 is 0. The molecule has 2 rings (SSSR count). The molecule has 0 aliphatic heterocycles. The summed E-state index contributed by atoms with van der Waals surface area (Å²) < 4.78 is 0. The molecule has 0 aliphatic carbocycles. The molecule has 1 heterocycles. The van der Waals surface area contributed by atoms with Crippen LogP contribution in [0.5, 0.6) is 0 Å². The molecule has 0 fully saturated rings. The predicted octanol–water partition coefficient (Wildman–Crippen LogP) is 4.10. The molecule has 106 valence electrons. The number of aromatic nitrogens is 1. The lowest BCUT2D eigenvalue weighted by Gasteiger charge is -2.17. The van der Waals surface area contributed by atoms with E-state index in [1.807, 2.05) is 25.4 Å². The van der Waals surface area contributed by atoms with Crippen molar-refractivity contribution in [1.82, 2.24) is 10.3 Å². The number of rotatable bonds is 6. The largest absolute Gasteiger partial charge is 0.313 e. The zero-order chi connectivity index (χ0) is 14.4. The first-order valence-corrected chi connectivity index (χ1v) is 7.37. The van der Waals surface area contributed by atoms with Crippen LogP contribution in [-0.4, -0.2) is 12.0 Å². The first-order chi connectivity index (χ1) is 9.70. The van der Waals surface area contributed by atoms with Crippen molar-refractivity contribution < 1.29 is 0 Å². The monoisotopic (exact) mass is 268 g/mol. The Morgan fingerprint density at radius 3 is 2.25 bits per heavy atom. The van der Waals surface area contributed by atoms with Crippen LogP contribution in [0.1, 0.15) is 49.0 Å². The summed E-state index contributed by atoms with van der Waals surface area (Å²) in [6, 6.07) is 15.5. The smallest absolute Gasteiger partial charge is 0.0404 e. The normalized spacial score (nSPS) is 12.6. The highest BCUT2D eigenvalue weighted by atomic mass is 14.9. The molecule has 1 N–H and O–H groups in total. The van der Waals surface area contributed by atoms with Crippen LogP contribution in [0.25, 0.3) is 0 Å². The van der Waals surface area contributed by atoms with Crippen LogP contribution in [0.3, 0.4) is 0 Å². The molecule has 2 heteroatoms. The van der Waals surface area contributed by atoms with Gasteiger partial charge in [0.2, 0.25) is 0 Å². The third-order valence-corrected chi connectivity index (χ3v) is 3.77. The third-order valence-electron chi connectivity index (χ3n) is 3.77. The first-order valence-electron chi connectivity index (χ1n) is 7.37. The van der Waals surface area contributed by atoms with Gasteiger partial charge >= 0.3 is 0 Å². The van der Waals surface area contributed by atoms with Gasteiger partial charge in [0.05, 0.1) is 0 Å². The predicted molar refractivity (Wildman–Crippen MR) is 84.9 cm³/mol. The minimum atomic E-state index is 0.387. The van der Waals surface area contributed by atoms with Gasteiger partial charge in [-0.25, -0.2) is 0 Å². The maximum absolute atomic E-state index is 4.39. The van der Waals surface area contributed by atoms with E-state index in [-0.39, 0.29) is 0 Å². The van der Waals surface area contributed by atoms with E-state index in [2.05, 4.69) is 54.5 Å². The fourth-order valence-electron chi connectivity index (χ4n) is 2.43. The summed E-state index contributed by atoms with van der Waals surface area (Å²) in [5, 5.41) is 3.41. The molecule has 1 atom stereocenters. The highest BCUT2D eigenvalue weighted by molar-refractivity contribution is 5.27. The molecule has 2 aromatic rings. The molecule has 20 heavy (non-hydrogen) atoms. The Hall–Kier alpha value is -1.67. The van der Waals surface area contributed by atoms with Gasteiger partial charge in [0.1, 0.15) is 0 Å². The van der Waals surface area contributed by atoms with Crippen LogP contribution >= 0.6 is 0 Å². The zero-order valence-electron chi connectivity index (χ0n) is 12.6. The lowest BCUT2D eigenvalue weighted by Crippen LogP contribution is -2.17. The molecular weight excluding hydrogens is 244 g/mol. The van der Waals surface area contributed by atoms with Gasteiger partial charge in [-0.05, 0) is 49.1 Å². The van der Waals surface area contributed by atoms with Crippen molar-refractivity contribution in [1.29, 1.82) is 0 Å². The molecule has 0 aliphatic rings. The number of nitrogens with zero attached hydrogens (tertiary/aromatic N) is 1. The van der Waals surface area contributed by atoms with E-state index in [0.29, 0.717) is 12.0 Å². The minimum Gasteiger partial charge on any atom is -0.313 e. The fraction of sp³-hybridized carbons (Fsp3) is 0.389. The van der Waals surface area contributed by atoms with Crippen LogP contribution in [-0.2, 0) is 6.42 Å². The van der Waals surface area contributed by atoms with E-state index >= 15 is 0 Å². The SMILES string of the molecule is CNC(CCc1ccccn1)c1ccc(C(C)C)cc1. The van der Waals surface area contributed by atoms with Gasteiger partial charge in [-0.2, -0.15) is 0 Å². The van der Waals surface area contributed by atoms with E-state index < -0.39 is 0 Å². The quantitative estimate of drug-likeness (QED) is 0.853. The highest BCUT2D eigenvalue weighted by Gasteiger charge is 2.10. The Morgan fingerprint density at radius 2 is 1.70 bits per heavy atom. The summed E-state index contributed by atoms with van der Waals surface area (Å²) in [4.78, 5) is 4.39. The standard InChI is InChI=1S/C18H24N2/c1-14(2)15-7-9-16(10-8-15)18(19-3)12-11-17-6-4-5-13-20-17/h4-10,13-14,18-19H,11-12H2,1-3H3. The van der Waals surface area contributed by atoms with Gasteiger partial charge in [0, 0.05) is 17.9 Å². The fourth-order valence-corrected chi connectivity index (χ4v) is 2.43. The van der Waals surface area contributed by atoms with Gasteiger partial charge in [0.15, 0.2) is 0 Å². The van der Waals surface area contributed by atoms with E-state index in [1.54, 1.807) is 0 Å². The number of hydrogen-bond acceptors (Lipinski definition) is 2. The van der Waals surface area contributed by atoms with E-state index in [4.69, 9.17) is 0 Å². The molecule has 0 saturated heterocycles. The van der Waals surface area contributed by atoms with Crippen molar-refractivity contribution in [3.63, 3.8) is 0 Å². The second-order valence-corrected chi connectivity index (χ2v) is 5.52.